The first-order valence-electron chi connectivity index (χ1n) is 8.65. The largest absolute Gasteiger partial charge is 0.493 e. The Labute approximate surface area is 171 Å². The monoisotopic (exact) mass is 413 g/mol. The molecule has 3 aromatic rings. The number of hydrogen-bond donors (Lipinski definition) is 1. The number of amides is 1. The lowest BCUT2D eigenvalue weighted by molar-refractivity contribution is -0.384. The molecule has 1 N–H and O–H groups in total. The van der Waals surface area contributed by atoms with Gasteiger partial charge in [-0.05, 0) is 37.1 Å². The van der Waals surface area contributed by atoms with Gasteiger partial charge in [0.2, 0.25) is 0 Å². The minimum Gasteiger partial charge on any atom is -0.493 e. The number of aromatic nitrogens is 1. The van der Waals surface area contributed by atoms with Gasteiger partial charge in [-0.1, -0.05) is 12.1 Å². The Morgan fingerprint density at radius 1 is 1.17 bits per heavy atom. The number of nitrogens with one attached hydrogen (secondary N) is 1. The van der Waals surface area contributed by atoms with E-state index in [-0.39, 0.29) is 23.8 Å². The number of ether oxygens (including phenoxy) is 2. The molecule has 0 saturated heterocycles. The number of anilines is 1. The summed E-state index contributed by atoms with van der Waals surface area (Å²) >= 11 is 1.32. The number of carbonyl (C=O) groups excluding carboxylic acids is 1. The fraction of sp³-hybridized carbons (Fsp3) is 0.200. The molecule has 9 heteroatoms. The second-order valence-corrected chi connectivity index (χ2v) is 7.12. The third-order valence-electron chi connectivity index (χ3n) is 4.27. The van der Waals surface area contributed by atoms with E-state index in [2.05, 4.69) is 16.4 Å². The Balaban J connectivity index is 1.62. The molecule has 0 aliphatic heterocycles. The van der Waals surface area contributed by atoms with Gasteiger partial charge in [-0.3, -0.25) is 20.2 Å². The second-order valence-electron chi connectivity index (χ2n) is 6.27. The maximum atomic E-state index is 12.2. The van der Waals surface area contributed by atoms with Crippen LogP contribution in [-0.4, -0.2) is 29.5 Å². The molecule has 150 valence electrons. The highest BCUT2D eigenvalue weighted by Gasteiger charge is 2.14. The van der Waals surface area contributed by atoms with Gasteiger partial charge in [-0.25, -0.2) is 4.98 Å². The third kappa shape index (κ3) is 4.88. The van der Waals surface area contributed by atoms with Crippen LogP contribution in [0.15, 0.2) is 41.8 Å². The van der Waals surface area contributed by atoms with Gasteiger partial charge in [0.05, 0.1) is 23.8 Å². The summed E-state index contributed by atoms with van der Waals surface area (Å²) in [5.41, 5.74) is 4.02. The Hall–Kier alpha value is -3.46. The first kappa shape index (κ1) is 20.3. The topological polar surface area (TPSA) is 104 Å². The fourth-order valence-corrected chi connectivity index (χ4v) is 3.29. The Morgan fingerprint density at radius 3 is 2.66 bits per heavy atom. The minimum atomic E-state index is -0.533. The average Bonchev–Trinajstić information content (AvgIpc) is 3.16. The lowest BCUT2D eigenvalue weighted by Gasteiger charge is -2.09. The number of hydrogen-bond acceptors (Lipinski definition) is 7. The Bertz CT molecular complexity index is 1060. The van der Waals surface area contributed by atoms with Crippen molar-refractivity contribution in [2.75, 3.05) is 19.0 Å². The van der Waals surface area contributed by atoms with E-state index < -0.39 is 10.8 Å². The van der Waals surface area contributed by atoms with Gasteiger partial charge in [-0.15, -0.1) is 11.3 Å². The molecule has 0 unspecified atom stereocenters. The average molecular weight is 413 g/mol. The molecule has 0 aliphatic carbocycles. The molecule has 2 aromatic carbocycles. The van der Waals surface area contributed by atoms with Crippen LogP contribution in [0.1, 0.15) is 11.1 Å². The summed E-state index contributed by atoms with van der Waals surface area (Å²) in [4.78, 5) is 26.9. The van der Waals surface area contributed by atoms with E-state index in [0.29, 0.717) is 5.13 Å². The van der Waals surface area contributed by atoms with E-state index in [1.807, 2.05) is 31.4 Å². The highest BCUT2D eigenvalue weighted by Crippen LogP contribution is 2.31. The van der Waals surface area contributed by atoms with Crippen LogP contribution in [0.2, 0.25) is 0 Å². The summed E-state index contributed by atoms with van der Waals surface area (Å²) in [6.45, 7) is 3.80. The number of aryl methyl sites for hydroxylation is 2. The number of methoxy groups -OCH3 is 1. The van der Waals surface area contributed by atoms with Gasteiger partial charge in [0.15, 0.2) is 23.2 Å². The number of nitro benzene ring substituents is 1. The molecule has 0 fully saturated rings. The van der Waals surface area contributed by atoms with Crippen LogP contribution < -0.4 is 14.8 Å². The van der Waals surface area contributed by atoms with E-state index in [9.17, 15) is 14.9 Å². The number of benzene rings is 2. The lowest BCUT2D eigenvalue weighted by atomic mass is 10.1. The van der Waals surface area contributed by atoms with E-state index in [0.717, 1.165) is 11.3 Å². The van der Waals surface area contributed by atoms with Crippen molar-refractivity contribution < 1.29 is 19.2 Å². The van der Waals surface area contributed by atoms with Gasteiger partial charge < -0.3 is 9.47 Å². The molecule has 0 radical (unpaired) electrons. The van der Waals surface area contributed by atoms with Crippen molar-refractivity contribution in [1.82, 2.24) is 4.98 Å². The van der Waals surface area contributed by atoms with Crippen molar-refractivity contribution in [1.29, 1.82) is 0 Å². The first-order chi connectivity index (χ1) is 13.9. The van der Waals surface area contributed by atoms with Gasteiger partial charge in [0.25, 0.3) is 11.6 Å². The molecule has 0 atom stereocenters. The minimum absolute atomic E-state index is 0.125. The van der Waals surface area contributed by atoms with Crippen molar-refractivity contribution in [3.63, 3.8) is 0 Å². The predicted octanol–water partition coefficient (Wildman–Crippen LogP) is 4.36. The summed E-state index contributed by atoms with van der Waals surface area (Å²) in [6.07, 6.45) is 0. The standard InChI is InChI=1S/C20H19N3O5S/c1-12-4-5-14(8-13(12)2)16-11-29-20(21-16)22-19(24)10-28-17-7-6-15(23(25)26)9-18(17)27-3/h4-9,11H,10H2,1-3H3,(H,21,22,24). The van der Waals surface area contributed by atoms with Crippen LogP contribution in [0.5, 0.6) is 11.5 Å². The van der Waals surface area contributed by atoms with Crippen molar-refractivity contribution in [2.45, 2.75) is 13.8 Å². The van der Waals surface area contributed by atoms with E-state index >= 15 is 0 Å². The molecule has 1 aromatic heterocycles. The first-order valence-corrected chi connectivity index (χ1v) is 9.53. The molecule has 0 spiro atoms. The quantitative estimate of drug-likeness (QED) is 0.456. The highest BCUT2D eigenvalue weighted by molar-refractivity contribution is 7.14. The molecule has 3 rings (SSSR count). The van der Waals surface area contributed by atoms with Gasteiger partial charge in [0, 0.05) is 17.0 Å². The van der Waals surface area contributed by atoms with Crippen LogP contribution in [0, 0.1) is 24.0 Å². The molecule has 8 nitrogen and oxygen atoms in total. The fourth-order valence-electron chi connectivity index (χ4n) is 2.55. The van der Waals surface area contributed by atoms with Gasteiger partial charge in [0.1, 0.15) is 0 Å². The van der Waals surface area contributed by atoms with Crippen LogP contribution in [-0.2, 0) is 4.79 Å². The van der Waals surface area contributed by atoms with E-state index in [4.69, 9.17) is 9.47 Å². The summed E-state index contributed by atoms with van der Waals surface area (Å²) in [5.74, 6) is 0.0212. The zero-order valence-corrected chi connectivity index (χ0v) is 16.9. The normalized spacial score (nSPS) is 10.4. The molecule has 0 bridgehead atoms. The number of nitro groups is 1. The zero-order valence-electron chi connectivity index (χ0n) is 16.1. The lowest BCUT2D eigenvalue weighted by Crippen LogP contribution is -2.20. The van der Waals surface area contributed by atoms with Crippen LogP contribution in [0.4, 0.5) is 10.8 Å². The maximum Gasteiger partial charge on any atom is 0.273 e. The molecular weight excluding hydrogens is 394 g/mol. The van der Waals surface area contributed by atoms with Gasteiger partial charge >= 0.3 is 0 Å². The van der Waals surface area contributed by atoms with Crippen LogP contribution >= 0.6 is 11.3 Å². The maximum absolute atomic E-state index is 12.2. The van der Waals surface area contributed by atoms with Gasteiger partial charge in [-0.2, -0.15) is 0 Å². The third-order valence-corrected chi connectivity index (χ3v) is 5.03. The van der Waals surface area contributed by atoms with E-state index in [1.165, 1.54) is 47.8 Å². The molecule has 29 heavy (non-hydrogen) atoms. The molecule has 1 heterocycles. The van der Waals surface area contributed by atoms with Crippen LogP contribution in [0.3, 0.4) is 0 Å². The summed E-state index contributed by atoms with van der Waals surface area (Å²) in [6, 6.07) is 10.0. The van der Waals surface area contributed by atoms with Crippen molar-refractivity contribution in [3.05, 3.63) is 63.0 Å². The van der Waals surface area contributed by atoms with Crippen molar-refractivity contribution in [2.24, 2.45) is 0 Å². The second kappa shape index (κ2) is 8.70. The van der Waals surface area contributed by atoms with Crippen molar-refractivity contribution in [3.8, 4) is 22.8 Å². The molecular formula is C20H19N3O5S. The summed E-state index contributed by atoms with van der Waals surface area (Å²) < 4.78 is 10.5. The molecule has 0 aliphatic rings. The smallest absolute Gasteiger partial charge is 0.273 e. The number of carbonyl (C=O) groups is 1. The van der Waals surface area contributed by atoms with Crippen LogP contribution in [0.25, 0.3) is 11.3 Å². The van der Waals surface area contributed by atoms with E-state index in [1.54, 1.807) is 0 Å². The highest BCUT2D eigenvalue weighted by atomic mass is 32.1. The number of non-ortho nitro benzene ring substituents is 1. The zero-order chi connectivity index (χ0) is 21.0. The number of thiazole rings is 1. The SMILES string of the molecule is COc1cc([N+](=O)[O-])ccc1OCC(=O)Nc1nc(-c2ccc(C)c(C)c2)cs1. The Kier molecular flexibility index (Phi) is 6.08. The predicted molar refractivity (Wildman–Crippen MR) is 111 cm³/mol. The summed E-state index contributed by atoms with van der Waals surface area (Å²) in [7, 11) is 1.37. The molecule has 0 saturated carbocycles. The Morgan fingerprint density at radius 2 is 1.97 bits per heavy atom. The number of nitrogens with zero attached hydrogens (tertiary/aromatic N) is 2. The molecule has 1 amide bonds. The van der Waals surface area contributed by atoms with Crippen molar-refractivity contribution >= 4 is 28.1 Å². The number of rotatable bonds is 7. The summed E-state index contributed by atoms with van der Waals surface area (Å²) in [5, 5.41) is 15.9.